The lowest BCUT2D eigenvalue weighted by atomic mass is 10.2. The van der Waals surface area contributed by atoms with Crippen LogP contribution in [0.1, 0.15) is 29.1 Å². The fourth-order valence-electron chi connectivity index (χ4n) is 2.71. The van der Waals surface area contributed by atoms with Gasteiger partial charge in [-0.3, -0.25) is 9.59 Å². The average Bonchev–Trinajstić information content (AvgIpc) is 3.07. The van der Waals surface area contributed by atoms with Crippen LogP contribution in [0, 0.1) is 0 Å². The van der Waals surface area contributed by atoms with Crippen molar-refractivity contribution in [2.24, 2.45) is 7.05 Å². The summed E-state index contributed by atoms with van der Waals surface area (Å²) in [6.45, 7) is 1.80. The van der Waals surface area contributed by atoms with E-state index in [-0.39, 0.29) is 17.6 Å². The Labute approximate surface area is 188 Å². The van der Waals surface area contributed by atoms with Crippen molar-refractivity contribution in [1.29, 1.82) is 0 Å². The minimum absolute atomic E-state index is 0.152. The number of carbonyl (C=O) groups is 2. The molecule has 1 atom stereocenters. The van der Waals surface area contributed by atoms with Crippen LogP contribution < -0.4 is 10.6 Å². The molecule has 30 heavy (non-hydrogen) atoms. The topological polar surface area (TPSA) is 88.9 Å². The van der Waals surface area contributed by atoms with E-state index in [1.165, 1.54) is 11.8 Å². The van der Waals surface area contributed by atoms with E-state index in [0.29, 0.717) is 32.3 Å². The van der Waals surface area contributed by atoms with Crippen molar-refractivity contribution in [3.63, 3.8) is 0 Å². The first-order valence-electron chi connectivity index (χ1n) is 8.98. The number of carbonyl (C=O) groups excluding carboxylic acids is 2. The van der Waals surface area contributed by atoms with Gasteiger partial charge in [0.05, 0.1) is 22.4 Å². The first-order valence-corrected chi connectivity index (χ1v) is 10.7. The van der Waals surface area contributed by atoms with Gasteiger partial charge in [0.1, 0.15) is 0 Å². The van der Waals surface area contributed by atoms with E-state index in [1.807, 2.05) is 0 Å². The Morgan fingerprint density at radius 1 is 1.13 bits per heavy atom. The minimum Gasteiger partial charge on any atom is -0.342 e. The molecule has 1 heterocycles. The second-order valence-corrected chi connectivity index (χ2v) is 8.21. The fraction of sp³-hybridized carbons (Fsp3) is 0.200. The fourth-order valence-corrected chi connectivity index (χ4v) is 3.84. The van der Waals surface area contributed by atoms with Crippen molar-refractivity contribution in [3.05, 3.63) is 70.0 Å². The van der Waals surface area contributed by atoms with Gasteiger partial charge in [0.15, 0.2) is 11.0 Å². The molecular formula is C20H19Cl2N5O2S. The lowest BCUT2D eigenvalue weighted by molar-refractivity contribution is -0.113. The highest BCUT2D eigenvalue weighted by Gasteiger charge is 2.20. The van der Waals surface area contributed by atoms with Crippen molar-refractivity contribution in [1.82, 2.24) is 20.1 Å². The smallest absolute Gasteiger partial charge is 0.253 e. The number of amides is 2. The Morgan fingerprint density at radius 3 is 2.63 bits per heavy atom. The summed E-state index contributed by atoms with van der Waals surface area (Å²) in [5.41, 5.74) is 1.02. The number of thioether (sulfide) groups is 1. The molecule has 1 aromatic heterocycles. The van der Waals surface area contributed by atoms with Gasteiger partial charge in [0.2, 0.25) is 5.91 Å². The third-order valence-corrected chi connectivity index (χ3v) is 5.75. The quantitative estimate of drug-likeness (QED) is 0.508. The second kappa shape index (κ2) is 9.97. The molecule has 3 aromatic rings. The molecule has 10 heteroatoms. The highest BCUT2D eigenvalue weighted by Crippen LogP contribution is 2.21. The van der Waals surface area contributed by atoms with Crippen molar-refractivity contribution >= 4 is 52.5 Å². The summed E-state index contributed by atoms with van der Waals surface area (Å²) in [6.07, 6.45) is 0. The monoisotopic (exact) mass is 463 g/mol. The Balaban J connectivity index is 1.59. The van der Waals surface area contributed by atoms with E-state index in [0.717, 1.165) is 0 Å². The summed E-state index contributed by atoms with van der Waals surface area (Å²) in [4.78, 5) is 24.6. The van der Waals surface area contributed by atoms with Crippen molar-refractivity contribution in [2.45, 2.75) is 18.1 Å². The molecular weight excluding hydrogens is 445 g/mol. The summed E-state index contributed by atoms with van der Waals surface area (Å²) < 4.78 is 1.74. The standard InChI is InChI=1S/C20H19Cl2N5O2S/c1-12(23-19(29)15-8-3-4-9-16(15)22)18-25-26-20(27(18)2)30-11-17(28)24-14-7-5-6-13(21)10-14/h3-10,12H,11H2,1-2H3,(H,23,29)(H,24,28)/t12-/m1/s1. The molecule has 2 N–H and O–H groups in total. The lowest BCUT2D eigenvalue weighted by Crippen LogP contribution is -2.28. The number of halogens is 2. The molecule has 0 spiro atoms. The SMILES string of the molecule is C[C@@H](NC(=O)c1ccccc1Cl)c1nnc(SCC(=O)Nc2cccc(Cl)c2)n1C. The molecule has 0 saturated heterocycles. The predicted molar refractivity (Wildman–Crippen MR) is 119 cm³/mol. The van der Waals surface area contributed by atoms with Crippen molar-refractivity contribution in [3.8, 4) is 0 Å². The number of aromatic nitrogens is 3. The minimum atomic E-state index is -0.402. The van der Waals surface area contributed by atoms with E-state index in [2.05, 4.69) is 20.8 Å². The second-order valence-electron chi connectivity index (χ2n) is 6.42. The Kier molecular flexibility index (Phi) is 7.36. The molecule has 2 amide bonds. The van der Waals surface area contributed by atoms with Crippen LogP contribution in [0.3, 0.4) is 0 Å². The molecule has 0 aliphatic carbocycles. The maximum Gasteiger partial charge on any atom is 0.253 e. The first-order chi connectivity index (χ1) is 14.3. The number of nitrogens with zero attached hydrogens (tertiary/aromatic N) is 3. The van der Waals surface area contributed by atoms with Gasteiger partial charge in [-0.05, 0) is 37.3 Å². The Bertz CT molecular complexity index is 1070. The van der Waals surface area contributed by atoms with Gasteiger partial charge in [-0.15, -0.1) is 10.2 Å². The molecule has 0 aliphatic heterocycles. The maximum atomic E-state index is 12.5. The zero-order valence-electron chi connectivity index (χ0n) is 16.2. The third kappa shape index (κ3) is 5.53. The van der Waals surface area contributed by atoms with Crippen LogP contribution in [0.4, 0.5) is 5.69 Å². The van der Waals surface area contributed by atoms with Crippen LogP contribution in [0.2, 0.25) is 10.0 Å². The number of hydrogen-bond donors (Lipinski definition) is 2. The van der Waals surface area contributed by atoms with Crippen LogP contribution in [0.5, 0.6) is 0 Å². The molecule has 0 unspecified atom stereocenters. The van der Waals surface area contributed by atoms with Crippen LogP contribution in [-0.4, -0.2) is 32.3 Å². The van der Waals surface area contributed by atoms with Gasteiger partial charge in [0, 0.05) is 17.8 Å². The average molecular weight is 464 g/mol. The van der Waals surface area contributed by atoms with E-state index >= 15 is 0 Å². The van der Waals surface area contributed by atoms with E-state index in [9.17, 15) is 9.59 Å². The summed E-state index contributed by atoms with van der Waals surface area (Å²) in [5.74, 6) is 0.227. The van der Waals surface area contributed by atoms with Gasteiger partial charge in [-0.1, -0.05) is 53.2 Å². The zero-order valence-corrected chi connectivity index (χ0v) is 18.6. The number of rotatable bonds is 7. The number of benzene rings is 2. The molecule has 0 fully saturated rings. The summed E-state index contributed by atoms with van der Waals surface area (Å²) in [7, 11) is 1.78. The molecule has 7 nitrogen and oxygen atoms in total. The zero-order chi connectivity index (χ0) is 21.7. The van der Waals surface area contributed by atoms with Crippen LogP contribution in [0.25, 0.3) is 0 Å². The maximum absolute atomic E-state index is 12.5. The molecule has 156 valence electrons. The Hall–Kier alpha value is -2.55. The normalized spacial score (nSPS) is 11.7. The van der Waals surface area contributed by atoms with Crippen molar-refractivity contribution < 1.29 is 9.59 Å². The first kappa shape index (κ1) is 22.1. The molecule has 3 rings (SSSR count). The van der Waals surface area contributed by atoms with Crippen LogP contribution >= 0.6 is 35.0 Å². The van der Waals surface area contributed by atoms with Crippen molar-refractivity contribution in [2.75, 3.05) is 11.1 Å². The van der Waals surface area contributed by atoms with E-state index in [1.54, 1.807) is 67.1 Å². The van der Waals surface area contributed by atoms with Gasteiger partial charge < -0.3 is 15.2 Å². The Morgan fingerprint density at radius 2 is 1.90 bits per heavy atom. The predicted octanol–water partition coefficient (Wildman–Crippen LogP) is 4.34. The molecule has 0 aliphatic rings. The van der Waals surface area contributed by atoms with Gasteiger partial charge in [0.25, 0.3) is 5.91 Å². The summed E-state index contributed by atoms with van der Waals surface area (Å²) in [6, 6.07) is 13.4. The third-order valence-electron chi connectivity index (χ3n) is 4.16. The van der Waals surface area contributed by atoms with Gasteiger partial charge >= 0.3 is 0 Å². The summed E-state index contributed by atoms with van der Waals surface area (Å²) in [5, 5.41) is 15.4. The number of hydrogen-bond acceptors (Lipinski definition) is 5. The van der Waals surface area contributed by atoms with Gasteiger partial charge in [-0.2, -0.15) is 0 Å². The largest absolute Gasteiger partial charge is 0.342 e. The highest BCUT2D eigenvalue weighted by molar-refractivity contribution is 7.99. The van der Waals surface area contributed by atoms with Crippen LogP contribution in [0.15, 0.2) is 53.7 Å². The van der Waals surface area contributed by atoms with E-state index < -0.39 is 6.04 Å². The molecule has 0 radical (unpaired) electrons. The van der Waals surface area contributed by atoms with E-state index in [4.69, 9.17) is 23.2 Å². The number of anilines is 1. The highest BCUT2D eigenvalue weighted by atomic mass is 35.5. The van der Waals surface area contributed by atoms with Gasteiger partial charge in [-0.25, -0.2) is 0 Å². The molecule has 2 aromatic carbocycles. The molecule has 0 saturated carbocycles. The molecule has 0 bridgehead atoms. The number of nitrogens with one attached hydrogen (secondary N) is 2. The lowest BCUT2D eigenvalue weighted by Gasteiger charge is -2.14. The summed E-state index contributed by atoms with van der Waals surface area (Å²) >= 11 is 13.2. The van der Waals surface area contributed by atoms with Crippen LogP contribution in [-0.2, 0) is 11.8 Å².